The zero-order chi connectivity index (χ0) is 19.1. The monoisotopic (exact) mass is 406 g/mol. The van der Waals surface area contributed by atoms with Crippen molar-refractivity contribution in [3.63, 3.8) is 0 Å². The molecule has 0 atom stereocenters. The summed E-state index contributed by atoms with van der Waals surface area (Å²) in [5.74, 6) is 0. The smallest absolute Gasteiger partial charge is 0.319 e. The molecular weight excluding hydrogens is 383 g/mol. The summed E-state index contributed by atoms with van der Waals surface area (Å²) in [7, 11) is 0. The van der Waals surface area contributed by atoms with Crippen LogP contribution in [0.4, 0.5) is 16.2 Å². The zero-order valence-corrected chi connectivity index (χ0v) is 16.6. The molecule has 0 aliphatic carbocycles. The van der Waals surface area contributed by atoms with Gasteiger partial charge in [-0.25, -0.2) is 4.79 Å². The summed E-state index contributed by atoms with van der Waals surface area (Å²) < 4.78 is 0. The summed E-state index contributed by atoms with van der Waals surface area (Å²) in [5, 5.41) is 6.52. The van der Waals surface area contributed by atoms with Crippen molar-refractivity contribution in [3.05, 3.63) is 58.6 Å². The molecular formula is C20H24Cl2N4O. The minimum atomic E-state index is -0.234. The molecule has 0 aromatic heterocycles. The van der Waals surface area contributed by atoms with Crippen LogP contribution in [-0.2, 0) is 0 Å². The van der Waals surface area contributed by atoms with Gasteiger partial charge in [-0.3, -0.25) is 4.90 Å². The second-order valence-electron chi connectivity index (χ2n) is 6.53. The molecule has 1 aliphatic rings. The lowest BCUT2D eigenvalue weighted by molar-refractivity contribution is 0.244. The van der Waals surface area contributed by atoms with Crippen LogP contribution in [0.2, 0.25) is 10.0 Å². The molecule has 2 aromatic carbocycles. The average molecular weight is 407 g/mol. The quantitative estimate of drug-likeness (QED) is 0.701. The van der Waals surface area contributed by atoms with Gasteiger partial charge in [0.1, 0.15) is 0 Å². The third-order valence-corrected chi connectivity index (χ3v) is 5.35. The predicted molar refractivity (Wildman–Crippen MR) is 113 cm³/mol. The molecule has 1 saturated heterocycles. The maximum atomic E-state index is 11.9. The van der Waals surface area contributed by atoms with E-state index in [1.165, 1.54) is 5.69 Å². The second kappa shape index (κ2) is 9.83. The van der Waals surface area contributed by atoms with Gasteiger partial charge in [0.05, 0.1) is 10.0 Å². The van der Waals surface area contributed by atoms with Crippen molar-refractivity contribution in [2.24, 2.45) is 0 Å². The first-order valence-corrected chi connectivity index (χ1v) is 9.90. The first-order chi connectivity index (χ1) is 13.1. The van der Waals surface area contributed by atoms with Crippen LogP contribution in [0.1, 0.15) is 6.42 Å². The Morgan fingerprint density at radius 1 is 0.963 bits per heavy atom. The van der Waals surface area contributed by atoms with Gasteiger partial charge < -0.3 is 15.5 Å². The SMILES string of the molecule is O=C(NCCCN1CCN(c2ccccc2)CC1)Nc1ccc(Cl)c(Cl)c1. The van der Waals surface area contributed by atoms with E-state index >= 15 is 0 Å². The second-order valence-corrected chi connectivity index (χ2v) is 7.34. The molecule has 2 N–H and O–H groups in total. The molecule has 0 unspecified atom stereocenters. The number of carbonyl (C=O) groups is 1. The fraction of sp³-hybridized carbons (Fsp3) is 0.350. The highest BCUT2D eigenvalue weighted by Gasteiger charge is 2.16. The standard InChI is InChI=1S/C20H24Cl2N4O/c21-18-8-7-16(15-19(18)22)24-20(27)23-9-4-10-25-11-13-26(14-12-25)17-5-2-1-3-6-17/h1-3,5-8,15H,4,9-14H2,(H2,23,24,27). The molecule has 1 heterocycles. The Kier molecular flexibility index (Phi) is 7.21. The van der Waals surface area contributed by atoms with E-state index in [0.29, 0.717) is 22.3 Å². The van der Waals surface area contributed by atoms with Crippen molar-refractivity contribution in [1.29, 1.82) is 0 Å². The highest BCUT2D eigenvalue weighted by atomic mass is 35.5. The number of piperazine rings is 1. The van der Waals surface area contributed by atoms with E-state index in [4.69, 9.17) is 23.2 Å². The molecule has 3 rings (SSSR count). The lowest BCUT2D eigenvalue weighted by Crippen LogP contribution is -2.47. The minimum Gasteiger partial charge on any atom is -0.369 e. The summed E-state index contributed by atoms with van der Waals surface area (Å²) in [4.78, 5) is 16.8. The highest BCUT2D eigenvalue weighted by molar-refractivity contribution is 6.42. The van der Waals surface area contributed by atoms with Crippen LogP contribution < -0.4 is 15.5 Å². The Bertz CT molecular complexity index is 749. The van der Waals surface area contributed by atoms with Gasteiger partial charge in [0, 0.05) is 44.1 Å². The molecule has 0 radical (unpaired) electrons. The Balaban J connectivity index is 1.31. The van der Waals surface area contributed by atoms with Crippen molar-refractivity contribution in [2.45, 2.75) is 6.42 Å². The molecule has 0 spiro atoms. The minimum absolute atomic E-state index is 0.234. The maximum Gasteiger partial charge on any atom is 0.319 e. The van der Waals surface area contributed by atoms with Gasteiger partial charge in [-0.2, -0.15) is 0 Å². The number of para-hydroxylation sites is 1. The van der Waals surface area contributed by atoms with Crippen LogP contribution in [0, 0.1) is 0 Å². The average Bonchev–Trinajstić information content (AvgIpc) is 2.69. The summed E-state index contributed by atoms with van der Waals surface area (Å²) in [6.07, 6.45) is 0.917. The van der Waals surface area contributed by atoms with Crippen LogP contribution in [-0.4, -0.2) is 50.2 Å². The molecule has 0 saturated carbocycles. The fourth-order valence-corrected chi connectivity index (χ4v) is 3.42. The molecule has 1 aliphatic heterocycles. The topological polar surface area (TPSA) is 47.6 Å². The van der Waals surface area contributed by atoms with Crippen LogP contribution in [0.3, 0.4) is 0 Å². The third-order valence-electron chi connectivity index (χ3n) is 4.61. The van der Waals surface area contributed by atoms with E-state index in [0.717, 1.165) is 39.1 Å². The van der Waals surface area contributed by atoms with Gasteiger partial charge in [-0.05, 0) is 43.3 Å². The number of benzene rings is 2. The Morgan fingerprint density at radius 2 is 1.70 bits per heavy atom. The first kappa shape index (κ1) is 19.8. The summed E-state index contributed by atoms with van der Waals surface area (Å²) >= 11 is 11.8. The van der Waals surface area contributed by atoms with Crippen molar-refractivity contribution < 1.29 is 4.79 Å². The van der Waals surface area contributed by atoms with Gasteiger partial charge in [0.15, 0.2) is 0 Å². The number of nitrogens with zero attached hydrogens (tertiary/aromatic N) is 2. The summed E-state index contributed by atoms with van der Waals surface area (Å²) in [6.45, 7) is 5.78. The Hall–Kier alpha value is -1.95. The number of nitrogens with one attached hydrogen (secondary N) is 2. The number of urea groups is 1. The van der Waals surface area contributed by atoms with Crippen molar-refractivity contribution in [2.75, 3.05) is 49.5 Å². The van der Waals surface area contributed by atoms with E-state index in [2.05, 4.69) is 44.7 Å². The Morgan fingerprint density at radius 3 is 2.41 bits per heavy atom. The van der Waals surface area contributed by atoms with Crippen LogP contribution in [0.25, 0.3) is 0 Å². The van der Waals surface area contributed by atoms with E-state index in [-0.39, 0.29) is 6.03 Å². The number of hydrogen-bond acceptors (Lipinski definition) is 3. The molecule has 144 valence electrons. The summed E-state index contributed by atoms with van der Waals surface area (Å²) in [5.41, 5.74) is 1.91. The van der Waals surface area contributed by atoms with Gasteiger partial charge in [0.2, 0.25) is 0 Å². The van der Waals surface area contributed by atoms with Gasteiger partial charge in [-0.1, -0.05) is 41.4 Å². The fourth-order valence-electron chi connectivity index (χ4n) is 3.12. The normalized spacial score (nSPS) is 14.8. The lowest BCUT2D eigenvalue weighted by Gasteiger charge is -2.36. The van der Waals surface area contributed by atoms with Gasteiger partial charge in [0.25, 0.3) is 0 Å². The third kappa shape index (κ3) is 6.03. The van der Waals surface area contributed by atoms with Crippen LogP contribution >= 0.6 is 23.2 Å². The van der Waals surface area contributed by atoms with Crippen LogP contribution in [0.5, 0.6) is 0 Å². The van der Waals surface area contributed by atoms with Gasteiger partial charge in [-0.15, -0.1) is 0 Å². The number of anilines is 2. The van der Waals surface area contributed by atoms with E-state index in [9.17, 15) is 4.79 Å². The molecule has 0 bridgehead atoms. The molecule has 27 heavy (non-hydrogen) atoms. The lowest BCUT2D eigenvalue weighted by atomic mass is 10.2. The maximum absolute atomic E-state index is 11.9. The van der Waals surface area contributed by atoms with Crippen molar-refractivity contribution >= 4 is 40.6 Å². The predicted octanol–water partition coefficient (Wildman–Crippen LogP) is 4.33. The van der Waals surface area contributed by atoms with Crippen molar-refractivity contribution in [1.82, 2.24) is 10.2 Å². The van der Waals surface area contributed by atoms with Gasteiger partial charge >= 0.3 is 6.03 Å². The Labute approximate surface area is 170 Å². The molecule has 5 nitrogen and oxygen atoms in total. The number of amides is 2. The largest absolute Gasteiger partial charge is 0.369 e. The van der Waals surface area contributed by atoms with E-state index in [1.54, 1.807) is 18.2 Å². The molecule has 7 heteroatoms. The number of halogens is 2. The summed E-state index contributed by atoms with van der Waals surface area (Å²) in [6, 6.07) is 15.3. The van der Waals surface area contributed by atoms with Crippen LogP contribution in [0.15, 0.2) is 48.5 Å². The van der Waals surface area contributed by atoms with E-state index < -0.39 is 0 Å². The number of rotatable bonds is 6. The number of carbonyl (C=O) groups excluding carboxylic acids is 1. The zero-order valence-electron chi connectivity index (χ0n) is 15.1. The van der Waals surface area contributed by atoms with Crippen molar-refractivity contribution in [3.8, 4) is 0 Å². The molecule has 2 amide bonds. The number of hydrogen-bond donors (Lipinski definition) is 2. The van der Waals surface area contributed by atoms with E-state index in [1.807, 2.05) is 6.07 Å². The highest BCUT2D eigenvalue weighted by Crippen LogP contribution is 2.24. The molecule has 2 aromatic rings. The molecule has 1 fully saturated rings. The first-order valence-electron chi connectivity index (χ1n) is 9.14.